The molecule has 0 aliphatic rings. The molecule has 98 heavy (non-hydrogen) atoms. The van der Waals surface area contributed by atoms with E-state index in [0.717, 1.165) is 115 Å². The number of esters is 4. The van der Waals surface area contributed by atoms with Crippen molar-refractivity contribution >= 4 is 39.5 Å². The summed E-state index contributed by atoms with van der Waals surface area (Å²) >= 11 is 0. The molecule has 0 saturated carbocycles. The highest BCUT2D eigenvalue weighted by Gasteiger charge is 2.30. The number of carbonyl (C=O) groups excluding carboxylic acids is 4. The van der Waals surface area contributed by atoms with Crippen LogP contribution in [0, 0.1) is 5.92 Å². The number of phosphoric ester groups is 2. The Morgan fingerprint density at radius 3 is 0.694 bits per heavy atom. The van der Waals surface area contributed by atoms with Crippen molar-refractivity contribution < 1.29 is 80.2 Å². The summed E-state index contributed by atoms with van der Waals surface area (Å²) in [6.45, 7) is 7.26. The van der Waals surface area contributed by atoms with Crippen LogP contribution in [0.25, 0.3) is 0 Å². The lowest BCUT2D eigenvalue weighted by Crippen LogP contribution is -2.30. The number of rotatable bonds is 79. The Balaban J connectivity index is 5.09. The van der Waals surface area contributed by atoms with Crippen LogP contribution in [0.5, 0.6) is 0 Å². The van der Waals surface area contributed by atoms with Gasteiger partial charge in [0.25, 0.3) is 0 Å². The number of phosphoric acid groups is 2. The van der Waals surface area contributed by atoms with Crippen LogP contribution in [0.4, 0.5) is 0 Å². The summed E-state index contributed by atoms with van der Waals surface area (Å²) in [6.07, 6.45) is 63.0. The van der Waals surface area contributed by atoms with Gasteiger partial charge in [-0.1, -0.05) is 369 Å². The van der Waals surface area contributed by atoms with Crippen LogP contribution in [0.1, 0.15) is 420 Å². The van der Waals surface area contributed by atoms with Crippen LogP contribution in [0.15, 0.2) is 0 Å². The summed E-state index contributed by atoms with van der Waals surface area (Å²) in [5.41, 5.74) is 0. The lowest BCUT2D eigenvalue weighted by Gasteiger charge is -2.21. The van der Waals surface area contributed by atoms with E-state index >= 15 is 0 Å². The van der Waals surface area contributed by atoms with Crippen LogP contribution < -0.4 is 0 Å². The van der Waals surface area contributed by atoms with E-state index in [4.69, 9.17) is 37.0 Å². The van der Waals surface area contributed by atoms with Gasteiger partial charge in [0.2, 0.25) is 0 Å². The molecule has 19 heteroatoms. The number of ether oxygens (including phenoxy) is 4. The molecule has 2 unspecified atom stereocenters. The molecule has 0 bridgehead atoms. The third-order valence-electron chi connectivity index (χ3n) is 18.5. The molecular weight excluding hydrogens is 1280 g/mol. The fourth-order valence-electron chi connectivity index (χ4n) is 12.2. The minimum Gasteiger partial charge on any atom is -0.462 e. The Morgan fingerprint density at radius 1 is 0.276 bits per heavy atom. The lowest BCUT2D eigenvalue weighted by atomic mass is 10.0. The molecule has 0 radical (unpaired) electrons. The standard InChI is InChI=1S/C79H154O17P2/c1-6-9-12-15-18-20-21-22-23-24-25-26-27-28-33-36-39-42-45-50-55-60-65-79(84)96-75(69-90-77(82)63-58-53-49-44-41-38-35-32-30-29-31-34-37-40-43-47-51-56-61-72(4)5)71-94-98(87,88)92-67-73(80)66-91-97(85,86)93-70-74(68-89-76(81)62-57-52-46-17-14-11-8-3)95-78(83)64-59-54-48-19-16-13-10-7-2/h72-75,80H,6-71H2,1-5H3,(H,85,86)(H,87,88)/t73-,74+,75+/m0/s1. The quantitative estimate of drug-likeness (QED) is 0.0222. The van der Waals surface area contributed by atoms with Gasteiger partial charge in [0.15, 0.2) is 12.2 Å². The molecule has 0 rings (SSSR count). The van der Waals surface area contributed by atoms with Crippen LogP contribution in [0.2, 0.25) is 0 Å². The van der Waals surface area contributed by atoms with Gasteiger partial charge in [0.05, 0.1) is 26.4 Å². The highest BCUT2D eigenvalue weighted by Crippen LogP contribution is 2.45. The lowest BCUT2D eigenvalue weighted by molar-refractivity contribution is -0.161. The average Bonchev–Trinajstić information content (AvgIpc) is 1.30. The summed E-state index contributed by atoms with van der Waals surface area (Å²) in [6, 6.07) is 0. The van der Waals surface area contributed by atoms with Crippen molar-refractivity contribution in [2.24, 2.45) is 5.92 Å². The SMILES string of the molecule is CCCCCCCCCCCCCCCCCCCCCCCCC(=O)O[C@H](COC(=O)CCCCCCCCCCCCCCCCCCCCC(C)C)COP(=O)(O)OC[C@@H](O)COP(=O)(O)OC[C@@H](COC(=O)CCCCCCCCC)OC(=O)CCCCCCCCCC. The zero-order valence-corrected chi connectivity index (χ0v) is 65.7. The van der Waals surface area contributed by atoms with Crippen LogP contribution in [-0.2, 0) is 65.4 Å². The molecule has 0 aromatic rings. The van der Waals surface area contributed by atoms with Gasteiger partial charge in [-0.15, -0.1) is 0 Å². The first-order chi connectivity index (χ1) is 47.5. The number of aliphatic hydroxyl groups is 1. The molecule has 0 aliphatic heterocycles. The Bertz CT molecular complexity index is 1870. The van der Waals surface area contributed by atoms with Gasteiger partial charge in [-0.2, -0.15) is 0 Å². The maximum Gasteiger partial charge on any atom is 0.472 e. The summed E-state index contributed by atoms with van der Waals surface area (Å²) in [5, 5.41) is 10.6. The van der Waals surface area contributed by atoms with Crippen molar-refractivity contribution in [1.82, 2.24) is 0 Å². The molecule has 0 heterocycles. The molecular formula is C79H154O17P2. The number of carbonyl (C=O) groups is 4. The third kappa shape index (κ3) is 72.4. The fraction of sp³-hybridized carbons (Fsp3) is 0.949. The van der Waals surface area contributed by atoms with Crippen LogP contribution in [-0.4, -0.2) is 96.7 Å². The van der Waals surface area contributed by atoms with Crippen molar-refractivity contribution in [2.75, 3.05) is 39.6 Å². The van der Waals surface area contributed by atoms with Gasteiger partial charge in [-0.25, -0.2) is 9.13 Å². The first kappa shape index (κ1) is 96.1. The van der Waals surface area contributed by atoms with Crippen molar-refractivity contribution in [1.29, 1.82) is 0 Å². The molecule has 0 amide bonds. The van der Waals surface area contributed by atoms with Crippen LogP contribution in [0.3, 0.4) is 0 Å². The molecule has 5 atom stereocenters. The van der Waals surface area contributed by atoms with Gasteiger partial charge < -0.3 is 33.8 Å². The summed E-state index contributed by atoms with van der Waals surface area (Å²) in [7, 11) is -9.90. The number of aliphatic hydroxyl groups excluding tert-OH is 1. The Morgan fingerprint density at radius 2 is 0.469 bits per heavy atom. The molecule has 0 spiro atoms. The molecule has 582 valence electrons. The van der Waals surface area contributed by atoms with Crippen molar-refractivity contribution in [2.45, 2.75) is 438 Å². The molecule has 17 nitrogen and oxygen atoms in total. The predicted molar refractivity (Wildman–Crippen MR) is 400 cm³/mol. The van der Waals surface area contributed by atoms with E-state index in [1.165, 1.54) is 225 Å². The van der Waals surface area contributed by atoms with Gasteiger partial charge in [-0.05, 0) is 31.6 Å². The second-order valence-corrected chi connectivity index (χ2v) is 31.8. The monoisotopic (exact) mass is 1440 g/mol. The highest BCUT2D eigenvalue weighted by molar-refractivity contribution is 7.47. The smallest absolute Gasteiger partial charge is 0.462 e. The number of hydrogen-bond donors (Lipinski definition) is 3. The highest BCUT2D eigenvalue weighted by atomic mass is 31.2. The molecule has 0 aromatic heterocycles. The zero-order valence-electron chi connectivity index (χ0n) is 63.9. The minimum absolute atomic E-state index is 0.105. The van der Waals surface area contributed by atoms with Gasteiger partial charge in [-0.3, -0.25) is 37.3 Å². The Labute approximate surface area is 600 Å². The van der Waals surface area contributed by atoms with E-state index in [1.807, 2.05) is 0 Å². The van der Waals surface area contributed by atoms with E-state index in [1.54, 1.807) is 0 Å². The number of unbranched alkanes of at least 4 members (excludes halogenated alkanes) is 51. The maximum absolute atomic E-state index is 13.1. The van der Waals surface area contributed by atoms with Gasteiger partial charge >= 0.3 is 39.5 Å². The Kier molecular flexibility index (Phi) is 70.6. The van der Waals surface area contributed by atoms with Gasteiger partial charge in [0.1, 0.15) is 19.3 Å². The summed E-state index contributed by atoms with van der Waals surface area (Å²) in [5.74, 6) is -1.30. The molecule has 0 aliphatic carbocycles. The zero-order chi connectivity index (χ0) is 71.9. The Hall–Kier alpha value is -1.94. The predicted octanol–water partition coefficient (Wildman–Crippen LogP) is 23.6. The van der Waals surface area contributed by atoms with Crippen molar-refractivity contribution in [3.63, 3.8) is 0 Å². The van der Waals surface area contributed by atoms with E-state index in [9.17, 15) is 43.2 Å². The van der Waals surface area contributed by atoms with Crippen molar-refractivity contribution in [3.05, 3.63) is 0 Å². The second-order valence-electron chi connectivity index (χ2n) is 28.9. The third-order valence-corrected chi connectivity index (χ3v) is 20.4. The van der Waals surface area contributed by atoms with E-state index in [-0.39, 0.29) is 25.7 Å². The summed E-state index contributed by atoms with van der Waals surface area (Å²) < 4.78 is 68.3. The van der Waals surface area contributed by atoms with Crippen molar-refractivity contribution in [3.8, 4) is 0 Å². The molecule has 0 fully saturated rings. The fourth-order valence-corrected chi connectivity index (χ4v) is 13.8. The number of hydrogen-bond acceptors (Lipinski definition) is 15. The second kappa shape index (κ2) is 72.0. The normalized spacial score (nSPS) is 13.9. The topological polar surface area (TPSA) is 237 Å². The van der Waals surface area contributed by atoms with E-state index < -0.39 is 97.5 Å². The summed E-state index contributed by atoms with van der Waals surface area (Å²) in [4.78, 5) is 72.6. The largest absolute Gasteiger partial charge is 0.472 e. The van der Waals surface area contributed by atoms with Gasteiger partial charge in [0, 0.05) is 25.7 Å². The van der Waals surface area contributed by atoms with E-state index in [0.29, 0.717) is 25.7 Å². The molecule has 0 saturated heterocycles. The average molecular weight is 1440 g/mol. The first-order valence-corrected chi connectivity index (χ1v) is 44.1. The van der Waals surface area contributed by atoms with E-state index in [2.05, 4.69) is 34.6 Å². The minimum atomic E-state index is -4.96. The van der Waals surface area contributed by atoms with Crippen LogP contribution >= 0.6 is 15.6 Å². The maximum atomic E-state index is 13.1. The molecule has 0 aromatic carbocycles. The first-order valence-electron chi connectivity index (χ1n) is 41.1. The molecule has 3 N–H and O–H groups in total.